The number of hydrogen-bond acceptors (Lipinski definition) is 3. The first kappa shape index (κ1) is 13.3. The summed E-state index contributed by atoms with van der Waals surface area (Å²) in [5.41, 5.74) is 3.07. The molecule has 0 saturated heterocycles. The zero-order valence-corrected chi connectivity index (χ0v) is 11.2. The molecule has 1 heterocycles. The van der Waals surface area contributed by atoms with Crippen LogP contribution in [0.1, 0.15) is 18.9 Å². The number of nitrogens with zero attached hydrogens (tertiary/aromatic N) is 1. The zero-order chi connectivity index (χ0) is 13.7. The van der Waals surface area contributed by atoms with E-state index in [2.05, 4.69) is 4.98 Å². The average Bonchev–Trinajstić information content (AvgIpc) is 2.45. The van der Waals surface area contributed by atoms with Crippen molar-refractivity contribution in [2.45, 2.75) is 19.8 Å². The van der Waals surface area contributed by atoms with Crippen molar-refractivity contribution in [3.63, 3.8) is 0 Å². The molecule has 0 spiro atoms. The number of ketones is 1. The first-order valence-corrected chi connectivity index (χ1v) is 6.28. The minimum absolute atomic E-state index is 0.190. The van der Waals surface area contributed by atoms with E-state index in [1.807, 2.05) is 36.4 Å². The average molecular weight is 255 g/mol. The summed E-state index contributed by atoms with van der Waals surface area (Å²) in [4.78, 5) is 15.5. The Morgan fingerprint density at radius 3 is 2.74 bits per heavy atom. The van der Waals surface area contributed by atoms with Gasteiger partial charge in [-0.1, -0.05) is 6.07 Å². The molecule has 98 valence electrons. The van der Waals surface area contributed by atoms with Crippen molar-refractivity contribution in [3.8, 4) is 17.0 Å². The highest BCUT2D eigenvalue weighted by Gasteiger charge is 2.08. The molecule has 0 N–H and O–H groups in total. The van der Waals surface area contributed by atoms with Gasteiger partial charge in [-0.3, -0.25) is 4.98 Å². The fourth-order valence-corrected chi connectivity index (χ4v) is 1.99. The highest BCUT2D eigenvalue weighted by atomic mass is 16.5. The molecule has 2 rings (SSSR count). The molecule has 3 heteroatoms. The van der Waals surface area contributed by atoms with Crippen LogP contribution in [0.4, 0.5) is 0 Å². The Morgan fingerprint density at radius 1 is 1.26 bits per heavy atom. The fraction of sp³-hybridized carbons (Fsp3) is 0.250. The van der Waals surface area contributed by atoms with Crippen molar-refractivity contribution in [3.05, 3.63) is 48.2 Å². The lowest BCUT2D eigenvalue weighted by molar-refractivity contribution is -0.116. The maximum absolute atomic E-state index is 11.2. The van der Waals surface area contributed by atoms with Crippen LogP contribution in [0, 0.1) is 0 Å². The number of hydrogen-bond donors (Lipinski definition) is 0. The summed E-state index contributed by atoms with van der Waals surface area (Å²) >= 11 is 0. The van der Waals surface area contributed by atoms with E-state index in [0.717, 1.165) is 22.6 Å². The largest absolute Gasteiger partial charge is 0.497 e. The van der Waals surface area contributed by atoms with Gasteiger partial charge in [-0.15, -0.1) is 0 Å². The van der Waals surface area contributed by atoms with E-state index in [9.17, 15) is 4.79 Å². The number of carbonyl (C=O) groups excluding carboxylic acids is 1. The molecule has 0 bridgehead atoms. The van der Waals surface area contributed by atoms with Gasteiger partial charge in [0.2, 0.25) is 0 Å². The number of Topliss-reactive ketones (excluding diaryl/α,β-unsaturated/α-hetero) is 1. The summed E-state index contributed by atoms with van der Waals surface area (Å²) < 4.78 is 5.25. The summed E-state index contributed by atoms with van der Waals surface area (Å²) in [6.07, 6.45) is 3.01. The van der Waals surface area contributed by atoms with Crippen LogP contribution in [0.3, 0.4) is 0 Å². The Bertz CT molecular complexity index is 564. The smallest absolute Gasteiger partial charge is 0.130 e. The van der Waals surface area contributed by atoms with Gasteiger partial charge in [-0.2, -0.15) is 0 Å². The molecule has 3 nitrogen and oxygen atoms in total. The van der Waals surface area contributed by atoms with E-state index in [0.29, 0.717) is 12.8 Å². The van der Waals surface area contributed by atoms with E-state index < -0.39 is 0 Å². The van der Waals surface area contributed by atoms with Gasteiger partial charge in [0, 0.05) is 18.2 Å². The molecule has 1 aromatic carbocycles. The van der Waals surface area contributed by atoms with E-state index in [1.54, 1.807) is 20.2 Å². The van der Waals surface area contributed by atoms with Gasteiger partial charge in [-0.05, 0) is 49.2 Å². The molecule has 19 heavy (non-hydrogen) atoms. The molecule has 0 amide bonds. The summed E-state index contributed by atoms with van der Waals surface area (Å²) in [6.45, 7) is 1.61. The third kappa shape index (κ3) is 3.41. The standard InChI is InChI=1S/C16H17NO2/c1-12(18)6-7-13-11-14(19-2)8-9-15(13)16-5-3-4-10-17-16/h3-5,8-11H,6-7H2,1-2H3. The number of carbonyl (C=O) groups is 1. The first-order valence-electron chi connectivity index (χ1n) is 6.28. The van der Waals surface area contributed by atoms with Gasteiger partial charge in [-0.25, -0.2) is 0 Å². The fourth-order valence-electron chi connectivity index (χ4n) is 1.99. The summed E-state index contributed by atoms with van der Waals surface area (Å²) in [5.74, 6) is 0.994. The molecule has 1 aromatic heterocycles. The second-order valence-corrected chi connectivity index (χ2v) is 4.44. The Kier molecular flexibility index (Phi) is 4.29. The monoisotopic (exact) mass is 255 g/mol. The maximum Gasteiger partial charge on any atom is 0.130 e. The number of aromatic nitrogens is 1. The van der Waals surface area contributed by atoms with Crippen molar-refractivity contribution in [1.29, 1.82) is 0 Å². The number of pyridine rings is 1. The van der Waals surface area contributed by atoms with Crippen molar-refractivity contribution >= 4 is 5.78 Å². The van der Waals surface area contributed by atoms with Gasteiger partial charge in [0.1, 0.15) is 11.5 Å². The lowest BCUT2D eigenvalue weighted by Crippen LogP contribution is -1.98. The number of benzene rings is 1. The number of ether oxygens (including phenoxy) is 1. The van der Waals surface area contributed by atoms with Crippen molar-refractivity contribution < 1.29 is 9.53 Å². The van der Waals surface area contributed by atoms with Crippen LogP contribution in [0.2, 0.25) is 0 Å². The molecule has 0 aliphatic carbocycles. The van der Waals surface area contributed by atoms with Crippen molar-refractivity contribution in [2.24, 2.45) is 0 Å². The highest BCUT2D eigenvalue weighted by Crippen LogP contribution is 2.27. The van der Waals surface area contributed by atoms with Crippen LogP contribution in [-0.4, -0.2) is 17.9 Å². The minimum Gasteiger partial charge on any atom is -0.497 e. The predicted molar refractivity (Wildman–Crippen MR) is 75.2 cm³/mol. The van der Waals surface area contributed by atoms with Gasteiger partial charge >= 0.3 is 0 Å². The topological polar surface area (TPSA) is 39.2 Å². The molecular formula is C16H17NO2. The van der Waals surface area contributed by atoms with E-state index in [1.165, 1.54) is 0 Å². The number of rotatable bonds is 5. The maximum atomic E-state index is 11.2. The second kappa shape index (κ2) is 6.14. The lowest BCUT2D eigenvalue weighted by atomic mass is 9.98. The summed E-state index contributed by atoms with van der Waals surface area (Å²) in [6, 6.07) is 11.7. The van der Waals surface area contributed by atoms with Crippen LogP contribution < -0.4 is 4.74 Å². The molecule has 0 aliphatic heterocycles. The van der Waals surface area contributed by atoms with E-state index >= 15 is 0 Å². The van der Waals surface area contributed by atoms with Crippen molar-refractivity contribution in [2.75, 3.05) is 7.11 Å². The molecular weight excluding hydrogens is 238 g/mol. The van der Waals surface area contributed by atoms with Gasteiger partial charge in [0.05, 0.1) is 12.8 Å². The SMILES string of the molecule is COc1ccc(-c2ccccn2)c(CCC(C)=O)c1. The molecule has 2 aromatic rings. The normalized spacial score (nSPS) is 10.2. The summed E-state index contributed by atoms with van der Waals surface area (Å²) in [5, 5.41) is 0. The lowest BCUT2D eigenvalue weighted by Gasteiger charge is -2.10. The first-order chi connectivity index (χ1) is 9.20. The van der Waals surface area contributed by atoms with Gasteiger partial charge in [0.15, 0.2) is 0 Å². The predicted octanol–water partition coefficient (Wildman–Crippen LogP) is 3.28. The highest BCUT2D eigenvalue weighted by molar-refractivity contribution is 5.76. The Balaban J connectivity index is 2.39. The third-order valence-corrected chi connectivity index (χ3v) is 3.00. The van der Waals surface area contributed by atoms with Crippen LogP contribution in [0.15, 0.2) is 42.6 Å². The van der Waals surface area contributed by atoms with Gasteiger partial charge < -0.3 is 9.53 Å². The van der Waals surface area contributed by atoms with E-state index in [-0.39, 0.29) is 5.78 Å². The zero-order valence-electron chi connectivity index (χ0n) is 11.2. The van der Waals surface area contributed by atoms with Crippen LogP contribution in [-0.2, 0) is 11.2 Å². The number of aryl methyl sites for hydroxylation is 1. The van der Waals surface area contributed by atoms with E-state index in [4.69, 9.17) is 4.74 Å². The molecule has 0 fully saturated rings. The van der Waals surface area contributed by atoms with Crippen LogP contribution in [0.5, 0.6) is 5.75 Å². The van der Waals surface area contributed by atoms with Crippen LogP contribution >= 0.6 is 0 Å². The molecule has 0 unspecified atom stereocenters. The Morgan fingerprint density at radius 2 is 2.11 bits per heavy atom. The number of methoxy groups -OCH3 is 1. The minimum atomic E-state index is 0.190. The summed E-state index contributed by atoms with van der Waals surface area (Å²) in [7, 11) is 1.64. The second-order valence-electron chi connectivity index (χ2n) is 4.44. The Labute approximate surface area is 113 Å². The molecule has 0 atom stereocenters. The van der Waals surface area contributed by atoms with Gasteiger partial charge in [0.25, 0.3) is 0 Å². The molecule has 0 radical (unpaired) electrons. The quantitative estimate of drug-likeness (QED) is 0.823. The molecule has 0 aliphatic rings. The van der Waals surface area contributed by atoms with Crippen LogP contribution in [0.25, 0.3) is 11.3 Å². The van der Waals surface area contributed by atoms with Crippen molar-refractivity contribution in [1.82, 2.24) is 4.98 Å². The Hall–Kier alpha value is -2.16. The molecule has 0 saturated carbocycles. The third-order valence-electron chi connectivity index (χ3n) is 3.00.